The number of carboxylic acids is 1. The maximum Gasteiger partial charge on any atom is 0.360 e. The lowest BCUT2D eigenvalue weighted by Gasteiger charge is -1.97. The van der Waals surface area contributed by atoms with Crippen molar-refractivity contribution < 1.29 is 14.7 Å². The van der Waals surface area contributed by atoms with Crippen molar-refractivity contribution >= 4 is 40.6 Å². The molecule has 1 aliphatic carbocycles. The Bertz CT molecular complexity index is 416. The normalized spacial score (nSPS) is 15.4. The number of nitrogen functional groups attached to an aromatic ring is 1. The van der Waals surface area contributed by atoms with Gasteiger partial charge in [0.05, 0.1) is 0 Å². The number of hydrogen-bond acceptors (Lipinski definition) is 6. The number of thiazole rings is 1. The van der Waals surface area contributed by atoms with E-state index in [0.29, 0.717) is 5.13 Å². The van der Waals surface area contributed by atoms with E-state index in [1.807, 2.05) is 0 Å². The Labute approximate surface area is 102 Å². The molecule has 6 nitrogen and oxygen atoms in total. The number of nitrogens with zero attached hydrogens (tertiary/aromatic N) is 2. The summed E-state index contributed by atoms with van der Waals surface area (Å²) >= 11 is 1.17. The Morgan fingerprint density at radius 3 is 2.81 bits per heavy atom. The lowest BCUT2D eigenvalue weighted by molar-refractivity contribution is -0.129. The second-order valence-electron chi connectivity index (χ2n) is 3.12. The number of oxime groups is 1. The van der Waals surface area contributed by atoms with Crippen LogP contribution in [0.5, 0.6) is 0 Å². The van der Waals surface area contributed by atoms with E-state index in [1.54, 1.807) is 5.38 Å². The summed E-state index contributed by atoms with van der Waals surface area (Å²) < 4.78 is 0. The van der Waals surface area contributed by atoms with Crippen LogP contribution < -0.4 is 5.73 Å². The summed E-state index contributed by atoms with van der Waals surface area (Å²) in [6, 6.07) is 0. The van der Waals surface area contributed by atoms with E-state index in [-0.39, 0.29) is 29.9 Å². The molecule has 0 amide bonds. The van der Waals surface area contributed by atoms with Gasteiger partial charge in [-0.2, -0.15) is 0 Å². The van der Waals surface area contributed by atoms with Crippen LogP contribution in [0.4, 0.5) is 5.13 Å². The number of carbonyl (C=O) groups is 1. The lowest BCUT2D eigenvalue weighted by atomic mass is 10.3. The molecule has 1 saturated carbocycles. The highest BCUT2D eigenvalue weighted by Gasteiger charge is 2.25. The second kappa shape index (κ2) is 5.13. The van der Waals surface area contributed by atoms with Gasteiger partial charge in [0.2, 0.25) is 5.71 Å². The summed E-state index contributed by atoms with van der Waals surface area (Å²) in [7, 11) is 0. The van der Waals surface area contributed by atoms with Gasteiger partial charge in [-0.15, -0.1) is 23.7 Å². The van der Waals surface area contributed by atoms with Crippen molar-refractivity contribution in [3.63, 3.8) is 0 Å². The average Bonchev–Trinajstić information content (AvgIpc) is 2.89. The molecule has 0 spiro atoms. The highest BCUT2D eigenvalue weighted by molar-refractivity contribution is 7.13. The van der Waals surface area contributed by atoms with E-state index in [9.17, 15) is 4.79 Å². The molecule has 1 fully saturated rings. The predicted molar refractivity (Wildman–Crippen MR) is 62.1 cm³/mol. The van der Waals surface area contributed by atoms with Gasteiger partial charge in [0.1, 0.15) is 11.8 Å². The minimum atomic E-state index is -1.17. The molecule has 1 heterocycles. The van der Waals surface area contributed by atoms with E-state index < -0.39 is 5.97 Å². The van der Waals surface area contributed by atoms with Crippen LogP contribution in [-0.2, 0) is 9.63 Å². The van der Waals surface area contributed by atoms with Crippen LogP contribution in [0.25, 0.3) is 0 Å². The van der Waals surface area contributed by atoms with Crippen LogP contribution in [0.3, 0.4) is 0 Å². The van der Waals surface area contributed by atoms with Crippen LogP contribution in [0.2, 0.25) is 0 Å². The molecule has 3 N–H and O–H groups in total. The first-order valence-electron chi connectivity index (χ1n) is 4.35. The van der Waals surface area contributed by atoms with E-state index in [4.69, 9.17) is 15.7 Å². The third-order valence-corrected chi connectivity index (χ3v) is 2.46. The van der Waals surface area contributed by atoms with Crippen molar-refractivity contribution in [2.24, 2.45) is 5.16 Å². The van der Waals surface area contributed by atoms with Crippen molar-refractivity contribution in [1.29, 1.82) is 0 Å². The summed E-state index contributed by atoms with van der Waals surface area (Å²) in [6.45, 7) is 0. The Kier molecular flexibility index (Phi) is 4.08. The quantitative estimate of drug-likeness (QED) is 0.626. The summed E-state index contributed by atoms with van der Waals surface area (Å²) in [4.78, 5) is 19.7. The molecular formula is C8H10ClN3O3S. The Morgan fingerprint density at radius 1 is 1.69 bits per heavy atom. The lowest BCUT2D eigenvalue weighted by Crippen LogP contribution is -2.15. The van der Waals surface area contributed by atoms with Gasteiger partial charge in [-0.25, -0.2) is 9.78 Å². The van der Waals surface area contributed by atoms with E-state index in [0.717, 1.165) is 12.8 Å². The summed E-state index contributed by atoms with van der Waals surface area (Å²) in [6.07, 6.45) is 1.92. The van der Waals surface area contributed by atoms with Gasteiger partial charge >= 0.3 is 5.97 Å². The molecule has 0 bridgehead atoms. The molecule has 1 aliphatic rings. The van der Waals surface area contributed by atoms with Gasteiger partial charge in [-0.3, -0.25) is 0 Å². The number of halogens is 1. The molecule has 16 heavy (non-hydrogen) atoms. The Morgan fingerprint density at radius 2 is 2.38 bits per heavy atom. The largest absolute Gasteiger partial charge is 0.476 e. The fraction of sp³-hybridized carbons (Fsp3) is 0.375. The number of rotatable bonds is 4. The second-order valence-corrected chi connectivity index (χ2v) is 4.01. The molecule has 1 aromatic rings. The van der Waals surface area contributed by atoms with Crippen molar-refractivity contribution in [3.8, 4) is 0 Å². The van der Waals surface area contributed by atoms with E-state index in [2.05, 4.69) is 10.1 Å². The minimum absolute atomic E-state index is 0. The van der Waals surface area contributed by atoms with Crippen LogP contribution in [0, 0.1) is 0 Å². The average molecular weight is 264 g/mol. The SMILES string of the molecule is Cl.Nc1nc(/C(=N\OC2CC2)C(=O)O)cs1. The van der Waals surface area contributed by atoms with Gasteiger partial charge in [0, 0.05) is 5.38 Å². The Hall–Kier alpha value is -1.34. The number of carboxylic acid groups (broad SMARTS) is 1. The zero-order valence-corrected chi connectivity index (χ0v) is 9.75. The van der Waals surface area contributed by atoms with Gasteiger partial charge in [0.25, 0.3) is 0 Å². The van der Waals surface area contributed by atoms with Crippen LogP contribution in [0.15, 0.2) is 10.5 Å². The number of nitrogens with two attached hydrogens (primary N) is 1. The third-order valence-electron chi connectivity index (χ3n) is 1.78. The third kappa shape index (κ3) is 3.07. The highest BCUT2D eigenvalue weighted by atomic mass is 35.5. The first-order valence-corrected chi connectivity index (χ1v) is 5.23. The standard InChI is InChI=1S/C8H9N3O3S.ClH/c9-8-10-5(3-15-8)6(7(12)13)11-14-4-1-2-4;/h3-4H,1-2H2,(H2,9,10)(H,12,13);1H/b11-6+;. The maximum atomic E-state index is 10.9. The number of aromatic nitrogens is 1. The highest BCUT2D eigenvalue weighted by Crippen LogP contribution is 2.24. The summed E-state index contributed by atoms with van der Waals surface area (Å²) in [5, 5.41) is 14.3. The Balaban J connectivity index is 0.00000128. The van der Waals surface area contributed by atoms with Gasteiger partial charge < -0.3 is 15.7 Å². The van der Waals surface area contributed by atoms with Crippen molar-refractivity contribution in [2.45, 2.75) is 18.9 Å². The molecule has 0 aliphatic heterocycles. The van der Waals surface area contributed by atoms with Crippen molar-refractivity contribution in [1.82, 2.24) is 4.98 Å². The van der Waals surface area contributed by atoms with Crippen LogP contribution in [-0.4, -0.2) is 27.9 Å². The summed E-state index contributed by atoms with van der Waals surface area (Å²) in [5.41, 5.74) is 5.45. The number of hydrogen-bond donors (Lipinski definition) is 2. The topological polar surface area (TPSA) is 97.8 Å². The number of aliphatic carboxylic acids is 1. The molecule has 0 atom stereocenters. The molecule has 88 valence electrons. The monoisotopic (exact) mass is 263 g/mol. The molecule has 0 unspecified atom stereocenters. The van der Waals surface area contributed by atoms with Crippen LogP contribution >= 0.6 is 23.7 Å². The molecule has 2 rings (SSSR count). The number of anilines is 1. The summed E-state index contributed by atoms with van der Waals surface area (Å²) in [5.74, 6) is -1.17. The van der Waals surface area contributed by atoms with E-state index >= 15 is 0 Å². The zero-order chi connectivity index (χ0) is 10.8. The van der Waals surface area contributed by atoms with Crippen molar-refractivity contribution in [3.05, 3.63) is 11.1 Å². The van der Waals surface area contributed by atoms with Crippen molar-refractivity contribution in [2.75, 3.05) is 5.73 Å². The van der Waals surface area contributed by atoms with E-state index in [1.165, 1.54) is 11.3 Å². The maximum absolute atomic E-state index is 10.9. The molecule has 0 radical (unpaired) electrons. The molecular weight excluding hydrogens is 254 g/mol. The minimum Gasteiger partial charge on any atom is -0.476 e. The fourth-order valence-electron chi connectivity index (χ4n) is 0.892. The van der Waals surface area contributed by atoms with Gasteiger partial charge in [-0.1, -0.05) is 5.16 Å². The molecule has 0 aromatic carbocycles. The van der Waals surface area contributed by atoms with Crippen LogP contribution in [0.1, 0.15) is 18.5 Å². The van der Waals surface area contributed by atoms with Gasteiger partial charge in [-0.05, 0) is 12.8 Å². The van der Waals surface area contributed by atoms with Gasteiger partial charge in [0.15, 0.2) is 5.13 Å². The molecule has 1 aromatic heterocycles. The zero-order valence-electron chi connectivity index (χ0n) is 8.12. The molecule has 8 heteroatoms. The molecule has 0 saturated heterocycles. The first kappa shape index (κ1) is 12.7. The first-order chi connectivity index (χ1) is 7.16. The fourth-order valence-corrected chi connectivity index (χ4v) is 1.44. The predicted octanol–water partition coefficient (Wildman–Crippen LogP) is 1.11. The smallest absolute Gasteiger partial charge is 0.360 e.